The monoisotopic (exact) mass is 335 g/mol. The van der Waals surface area contributed by atoms with Gasteiger partial charge in [0.25, 0.3) is 0 Å². The minimum Gasteiger partial charge on any atom is -0.378 e. The summed E-state index contributed by atoms with van der Waals surface area (Å²) in [6.45, 7) is 0.722. The fraction of sp³-hybridized carbons (Fsp3) is 0.0909. The summed E-state index contributed by atoms with van der Waals surface area (Å²) in [5, 5.41) is 6.57. The second kappa shape index (κ2) is 5.41. The topological polar surface area (TPSA) is 12.0 Å². The van der Waals surface area contributed by atoms with Gasteiger partial charge in [0.15, 0.2) is 0 Å². The zero-order chi connectivity index (χ0) is 11.5. The van der Waals surface area contributed by atoms with Crippen LogP contribution in [-0.4, -0.2) is 0 Å². The Morgan fingerprint density at radius 1 is 1.25 bits per heavy atom. The summed E-state index contributed by atoms with van der Waals surface area (Å²) in [4.78, 5) is 1.22. The van der Waals surface area contributed by atoms with E-state index in [4.69, 9.17) is 23.2 Å². The SMILES string of the molecule is Clc1cccc(Cl)c1NCc1cc(Br)cs1. The number of benzene rings is 1. The van der Waals surface area contributed by atoms with Crippen molar-refractivity contribution in [1.29, 1.82) is 0 Å². The largest absolute Gasteiger partial charge is 0.378 e. The number of halogens is 3. The highest BCUT2D eigenvalue weighted by atomic mass is 79.9. The summed E-state index contributed by atoms with van der Waals surface area (Å²) >= 11 is 17.2. The number of hydrogen-bond acceptors (Lipinski definition) is 2. The third-order valence-corrected chi connectivity index (χ3v) is 4.35. The molecule has 5 heteroatoms. The number of para-hydroxylation sites is 1. The van der Waals surface area contributed by atoms with Crippen LogP contribution in [0.4, 0.5) is 5.69 Å². The summed E-state index contributed by atoms with van der Waals surface area (Å²) in [6, 6.07) is 7.54. The second-order valence-electron chi connectivity index (χ2n) is 3.18. The van der Waals surface area contributed by atoms with Crippen LogP contribution in [0.25, 0.3) is 0 Å². The quantitative estimate of drug-likeness (QED) is 0.788. The Hall–Kier alpha value is -0.220. The molecule has 1 nitrogen and oxygen atoms in total. The van der Waals surface area contributed by atoms with E-state index >= 15 is 0 Å². The van der Waals surface area contributed by atoms with E-state index < -0.39 is 0 Å². The molecule has 1 N–H and O–H groups in total. The van der Waals surface area contributed by atoms with Gasteiger partial charge in [0, 0.05) is 21.3 Å². The molecule has 84 valence electrons. The standard InChI is InChI=1S/C11H8BrCl2NS/c12-7-4-8(16-6-7)5-15-11-9(13)2-1-3-10(11)14/h1-4,6,15H,5H2. The minimum absolute atomic E-state index is 0.642. The van der Waals surface area contributed by atoms with Crippen LogP contribution in [0.1, 0.15) is 4.88 Å². The molecule has 0 aliphatic rings. The Bertz CT molecular complexity index is 478. The average molecular weight is 337 g/mol. The number of nitrogens with one attached hydrogen (secondary N) is 1. The lowest BCUT2D eigenvalue weighted by Gasteiger charge is -2.08. The minimum atomic E-state index is 0.642. The lowest BCUT2D eigenvalue weighted by atomic mass is 10.3. The molecular weight excluding hydrogens is 329 g/mol. The van der Waals surface area contributed by atoms with Gasteiger partial charge in [0.2, 0.25) is 0 Å². The molecule has 2 aromatic rings. The van der Waals surface area contributed by atoms with Crippen molar-refractivity contribution in [3.63, 3.8) is 0 Å². The van der Waals surface area contributed by atoms with Gasteiger partial charge in [-0.3, -0.25) is 0 Å². The highest BCUT2D eigenvalue weighted by Gasteiger charge is 2.05. The molecule has 0 unspecified atom stereocenters. The van der Waals surface area contributed by atoms with Crippen LogP contribution in [0, 0.1) is 0 Å². The first kappa shape index (κ1) is 12.2. The van der Waals surface area contributed by atoms with Crippen molar-refractivity contribution in [2.24, 2.45) is 0 Å². The zero-order valence-corrected chi connectivity index (χ0v) is 12.1. The molecule has 0 saturated heterocycles. The molecular formula is C11H8BrCl2NS. The summed E-state index contributed by atoms with van der Waals surface area (Å²) < 4.78 is 1.10. The van der Waals surface area contributed by atoms with Crippen LogP contribution in [-0.2, 0) is 6.54 Å². The maximum absolute atomic E-state index is 6.05. The van der Waals surface area contributed by atoms with Crippen molar-refractivity contribution < 1.29 is 0 Å². The Balaban J connectivity index is 2.10. The van der Waals surface area contributed by atoms with E-state index in [1.165, 1.54) is 4.88 Å². The van der Waals surface area contributed by atoms with Gasteiger partial charge >= 0.3 is 0 Å². The van der Waals surface area contributed by atoms with E-state index in [2.05, 4.69) is 27.3 Å². The van der Waals surface area contributed by atoms with Gasteiger partial charge in [-0.25, -0.2) is 0 Å². The fourth-order valence-corrected chi connectivity index (χ4v) is 3.21. The van der Waals surface area contributed by atoms with Crippen molar-refractivity contribution in [3.05, 3.63) is 49.0 Å². The van der Waals surface area contributed by atoms with E-state index in [1.54, 1.807) is 11.3 Å². The molecule has 0 aliphatic heterocycles. The Morgan fingerprint density at radius 3 is 2.50 bits per heavy atom. The number of thiophene rings is 1. The number of hydrogen-bond donors (Lipinski definition) is 1. The predicted molar refractivity (Wildman–Crippen MR) is 75.8 cm³/mol. The number of rotatable bonds is 3. The molecule has 1 heterocycles. The van der Waals surface area contributed by atoms with Crippen molar-refractivity contribution >= 4 is 56.2 Å². The molecule has 0 saturated carbocycles. The van der Waals surface area contributed by atoms with E-state index in [9.17, 15) is 0 Å². The summed E-state index contributed by atoms with van der Waals surface area (Å²) in [5.41, 5.74) is 0.787. The maximum atomic E-state index is 6.05. The maximum Gasteiger partial charge on any atom is 0.0721 e. The summed E-state index contributed by atoms with van der Waals surface area (Å²) in [7, 11) is 0. The molecule has 16 heavy (non-hydrogen) atoms. The Labute approximate surface area is 117 Å². The smallest absolute Gasteiger partial charge is 0.0721 e. The van der Waals surface area contributed by atoms with Gasteiger partial charge in [0.05, 0.1) is 15.7 Å². The fourth-order valence-electron chi connectivity index (χ4n) is 1.29. The molecule has 0 spiro atoms. The Morgan fingerprint density at radius 2 is 1.94 bits per heavy atom. The number of anilines is 1. The van der Waals surface area contributed by atoms with Gasteiger partial charge in [-0.1, -0.05) is 29.3 Å². The van der Waals surface area contributed by atoms with Crippen molar-refractivity contribution in [3.8, 4) is 0 Å². The Kier molecular flexibility index (Phi) is 4.14. The van der Waals surface area contributed by atoms with Crippen molar-refractivity contribution in [2.45, 2.75) is 6.54 Å². The van der Waals surface area contributed by atoms with E-state index in [0.29, 0.717) is 10.0 Å². The van der Waals surface area contributed by atoms with Crippen LogP contribution in [0.3, 0.4) is 0 Å². The van der Waals surface area contributed by atoms with Crippen LogP contribution < -0.4 is 5.32 Å². The van der Waals surface area contributed by atoms with E-state index in [1.807, 2.05) is 23.6 Å². The lowest BCUT2D eigenvalue weighted by molar-refractivity contribution is 1.19. The van der Waals surface area contributed by atoms with E-state index in [0.717, 1.165) is 16.7 Å². The molecule has 1 aromatic heterocycles. The molecule has 0 bridgehead atoms. The lowest BCUT2D eigenvalue weighted by Crippen LogP contribution is -1.98. The first-order chi connectivity index (χ1) is 7.66. The van der Waals surface area contributed by atoms with Crippen LogP contribution in [0.5, 0.6) is 0 Å². The third kappa shape index (κ3) is 2.92. The predicted octanol–water partition coefficient (Wildman–Crippen LogP) is 5.43. The molecule has 2 rings (SSSR count). The van der Waals surface area contributed by atoms with Gasteiger partial charge < -0.3 is 5.32 Å². The average Bonchev–Trinajstić information content (AvgIpc) is 2.63. The van der Waals surface area contributed by atoms with Gasteiger partial charge in [0.1, 0.15) is 0 Å². The molecule has 0 aliphatic carbocycles. The van der Waals surface area contributed by atoms with E-state index in [-0.39, 0.29) is 0 Å². The normalized spacial score (nSPS) is 10.4. The van der Waals surface area contributed by atoms with Crippen molar-refractivity contribution in [1.82, 2.24) is 0 Å². The molecule has 1 aromatic carbocycles. The van der Waals surface area contributed by atoms with Gasteiger partial charge in [-0.15, -0.1) is 11.3 Å². The van der Waals surface area contributed by atoms with Crippen LogP contribution >= 0.6 is 50.5 Å². The molecule has 0 atom stereocenters. The zero-order valence-electron chi connectivity index (χ0n) is 8.14. The first-order valence-electron chi connectivity index (χ1n) is 4.57. The highest BCUT2D eigenvalue weighted by Crippen LogP contribution is 2.30. The molecule has 0 radical (unpaired) electrons. The molecule has 0 fully saturated rings. The third-order valence-electron chi connectivity index (χ3n) is 2.02. The van der Waals surface area contributed by atoms with Crippen molar-refractivity contribution in [2.75, 3.05) is 5.32 Å². The van der Waals surface area contributed by atoms with Crippen LogP contribution in [0.2, 0.25) is 10.0 Å². The highest BCUT2D eigenvalue weighted by molar-refractivity contribution is 9.10. The van der Waals surface area contributed by atoms with Gasteiger partial charge in [-0.2, -0.15) is 0 Å². The van der Waals surface area contributed by atoms with Crippen LogP contribution in [0.15, 0.2) is 34.1 Å². The molecule has 0 amide bonds. The first-order valence-corrected chi connectivity index (χ1v) is 7.00. The van der Waals surface area contributed by atoms with Gasteiger partial charge in [-0.05, 0) is 34.1 Å². The second-order valence-corrected chi connectivity index (χ2v) is 5.91. The summed E-state index contributed by atoms with van der Waals surface area (Å²) in [6.07, 6.45) is 0. The summed E-state index contributed by atoms with van der Waals surface area (Å²) in [5.74, 6) is 0.